The summed E-state index contributed by atoms with van der Waals surface area (Å²) in [6.07, 6.45) is 1.68. The van der Waals surface area contributed by atoms with Crippen LogP contribution >= 0.6 is 11.3 Å². The molecule has 6 heteroatoms. The van der Waals surface area contributed by atoms with Crippen LogP contribution in [0, 0.1) is 20.8 Å². The van der Waals surface area contributed by atoms with Crippen LogP contribution < -0.4 is 5.56 Å². The minimum Gasteiger partial charge on any atom is -0.480 e. The molecule has 1 aromatic carbocycles. The van der Waals surface area contributed by atoms with E-state index in [0.717, 1.165) is 21.6 Å². The minimum absolute atomic E-state index is 0.295. The molecule has 5 nitrogen and oxygen atoms in total. The molecule has 0 aliphatic heterocycles. The Bertz CT molecular complexity index is 1030. The molecule has 0 bridgehead atoms. The number of carboxylic acid groups (broad SMARTS) is 1. The Morgan fingerprint density at radius 1 is 1.28 bits per heavy atom. The molecule has 2 aromatic heterocycles. The molecule has 25 heavy (non-hydrogen) atoms. The maximum absolute atomic E-state index is 13.1. The zero-order valence-corrected chi connectivity index (χ0v) is 15.5. The molecule has 0 radical (unpaired) electrons. The van der Waals surface area contributed by atoms with E-state index in [4.69, 9.17) is 0 Å². The lowest BCUT2D eigenvalue weighted by Gasteiger charge is -2.13. The van der Waals surface area contributed by atoms with Gasteiger partial charge in [0.1, 0.15) is 10.9 Å². The molecular formula is C19H20N2O3S. The number of carboxylic acids is 1. The predicted octanol–water partition coefficient (Wildman–Crippen LogP) is 4.09. The number of fused-ring (bicyclic) bond motifs is 1. The molecule has 3 aromatic rings. The van der Waals surface area contributed by atoms with Crippen molar-refractivity contribution in [3.63, 3.8) is 0 Å². The van der Waals surface area contributed by atoms with E-state index < -0.39 is 12.0 Å². The van der Waals surface area contributed by atoms with Crippen molar-refractivity contribution < 1.29 is 9.90 Å². The van der Waals surface area contributed by atoms with Crippen LogP contribution in [0.5, 0.6) is 0 Å². The summed E-state index contributed by atoms with van der Waals surface area (Å²) in [5, 5.41) is 9.90. The Morgan fingerprint density at radius 3 is 2.60 bits per heavy atom. The van der Waals surface area contributed by atoms with Gasteiger partial charge >= 0.3 is 5.97 Å². The quantitative estimate of drug-likeness (QED) is 0.764. The van der Waals surface area contributed by atoms with Gasteiger partial charge in [-0.25, -0.2) is 9.78 Å². The predicted molar refractivity (Wildman–Crippen MR) is 100 cm³/mol. The SMILES string of the molecule is CC[C@@H](C(=O)O)n1cnc2sc(C)c(-c3ccc(C)c(C)c3)c2c1=O. The van der Waals surface area contributed by atoms with Crippen LogP contribution in [0.25, 0.3) is 21.3 Å². The summed E-state index contributed by atoms with van der Waals surface area (Å²) in [6.45, 7) is 7.80. The number of aromatic nitrogens is 2. The molecule has 0 saturated heterocycles. The van der Waals surface area contributed by atoms with Gasteiger partial charge in [0.2, 0.25) is 0 Å². The van der Waals surface area contributed by atoms with E-state index in [2.05, 4.69) is 11.1 Å². The highest BCUT2D eigenvalue weighted by atomic mass is 32.1. The van der Waals surface area contributed by atoms with E-state index in [-0.39, 0.29) is 5.56 Å². The van der Waals surface area contributed by atoms with Crippen molar-refractivity contribution in [3.05, 3.63) is 50.9 Å². The summed E-state index contributed by atoms with van der Waals surface area (Å²) in [5.41, 5.74) is 3.87. The van der Waals surface area contributed by atoms with Crippen LogP contribution in [-0.4, -0.2) is 20.6 Å². The Balaban J connectivity index is 2.33. The summed E-state index contributed by atoms with van der Waals surface area (Å²) in [5.74, 6) is -1.02. The summed E-state index contributed by atoms with van der Waals surface area (Å²) < 4.78 is 1.24. The van der Waals surface area contributed by atoms with Crippen LogP contribution in [0.2, 0.25) is 0 Å². The summed E-state index contributed by atoms with van der Waals surface area (Å²) in [4.78, 5) is 30.5. The van der Waals surface area contributed by atoms with Gasteiger partial charge in [-0.3, -0.25) is 9.36 Å². The van der Waals surface area contributed by atoms with E-state index in [1.165, 1.54) is 27.8 Å². The van der Waals surface area contributed by atoms with Crippen LogP contribution in [0.1, 0.15) is 35.4 Å². The Labute approximate surface area is 149 Å². The summed E-state index contributed by atoms with van der Waals surface area (Å²) in [6, 6.07) is 5.20. The lowest BCUT2D eigenvalue weighted by Crippen LogP contribution is -2.29. The first-order chi connectivity index (χ1) is 11.8. The van der Waals surface area contributed by atoms with Gasteiger partial charge in [-0.15, -0.1) is 11.3 Å². The van der Waals surface area contributed by atoms with Crippen LogP contribution in [0.3, 0.4) is 0 Å². The summed E-state index contributed by atoms with van der Waals surface area (Å²) in [7, 11) is 0. The van der Waals surface area contributed by atoms with Crippen molar-refractivity contribution in [3.8, 4) is 11.1 Å². The standard InChI is InChI=1S/C19H20N2O3S/c1-5-14(19(23)24)21-9-20-17-16(18(21)22)15(12(4)25-17)13-7-6-10(2)11(3)8-13/h6-9,14H,5H2,1-4H3,(H,23,24)/t14-/m0/s1. The van der Waals surface area contributed by atoms with Crippen LogP contribution in [-0.2, 0) is 4.79 Å². The monoisotopic (exact) mass is 356 g/mol. The normalized spacial score (nSPS) is 12.5. The van der Waals surface area contributed by atoms with Gasteiger partial charge in [0.15, 0.2) is 0 Å². The Morgan fingerprint density at radius 2 is 2.00 bits per heavy atom. The maximum atomic E-state index is 13.1. The third-order valence-electron chi connectivity index (χ3n) is 4.62. The smallest absolute Gasteiger partial charge is 0.326 e. The highest BCUT2D eigenvalue weighted by molar-refractivity contribution is 7.19. The van der Waals surface area contributed by atoms with Crippen molar-refractivity contribution in [2.45, 2.75) is 40.2 Å². The maximum Gasteiger partial charge on any atom is 0.326 e. The second kappa shape index (κ2) is 6.44. The Hall–Kier alpha value is -2.47. The number of thiophene rings is 1. The Kier molecular flexibility index (Phi) is 4.47. The molecular weight excluding hydrogens is 336 g/mol. The van der Waals surface area contributed by atoms with E-state index in [1.54, 1.807) is 6.92 Å². The lowest BCUT2D eigenvalue weighted by atomic mass is 9.99. The van der Waals surface area contributed by atoms with E-state index in [9.17, 15) is 14.7 Å². The molecule has 1 N–H and O–H groups in total. The van der Waals surface area contributed by atoms with Gasteiger partial charge in [-0.2, -0.15) is 0 Å². The topological polar surface area (TPSA) is 72.2 Å². The lowest BCUT2D eigenvalue weighted by molar-refractivity contribution is -0.141. The van der Waals surface area contributed by atoms with Gasteiger partial charge in [-0.05, 0) is 43.9 Å². The number of hydrogen-bond donors (Lipinski definition) is 1. The highest BCUT2D eigenvalue weighted by Gasteiger charge is 2.23. The molecule has 0 saturated carbocycles. The van der Waals surface area contributed by atoms with Crippen LogP contribution in [0.15, 0.2) is 29.3 Å². The molecule has 2 heterocycles. The molecule has 0 aliphatic carbocycles. The average Bonchev–Trinajstić information content (AvgIpc) is 2.89. The van der Waals surface area contributed by atoms with E-state index in [1.807, 2.05) is 32.9 Å². The third kappa shape index (κ3) is 2.87. The van der Waals surface area contributed by atoms with Crippen molar-refractivity contribution in [2.24, 2.45) is 0 Å². The van der Waals surface area contributed by atoms with Gasteiger partial charge in [-0.1, -0.05) is 25.1 Å². The van der Waals surface area contributed by atoms with Crippen molar-refractivity contribution >= 4 is 27.5 Å². The molecule has 130 valence electrons. The first kappa shape index (κ1) is 17.4. The van der Waals surface area contributed by atoms with Crippen molar-refractivity contribution in [2.75, 3.05) is 0 Å². The third-order valence-corrected chi connectivity index (χ3v) is 5.63. The second-order valence-electron chi connectivity index (χ2n) is 6.23. The first-order valence-electron chi connectivity index (χ1n) is 8.15. The van der Waals surface area contributed by atoms with E-state index in [0.29, 0.717) is 16.6 Å². The largest absolute Gasteiger partial charge is 0.480 e. The number of nitrogens with zero attached hydrogens (tertiary/aromatic N) is 2. The molecule has 0 unspecified atom stereocenters. The van der Waals surface area contributed by atoms with Crippen molar-refractivity contribution in [1.29, 1.82) is 0 Å². The molecule has 0 fully saturated rings. The highest BCUT2D eigenvalue weighted by Crippen LogP contribution is 2.36. The fourth-order valence-corrected chi connectivity index (χ4v) is 4.08. The molecule has 0 spiro atoms. The summed E-state index contributed by atoms with van der Waals surface area (Å²) >= 11 is 1.46. The fraction of sp³-hybridized carbons (Fsp3) is 0.316. The van der Waals surface area contributed by atoms with Gasteiger partial charge in [0.05, 0.1) is 11.7 Å². The fourth-order valence-electron chi connectivity index (χ4n) is 3.07. The number of aliphatic carboxylic acids is 1. The van der Waals surface area contributed by atoms with Gasteiger partial charge < -0.3 is 5.11 Å². The molecule has 3 rings (SSSR count). The molecule has 1 atom stereocenters. The molecule has 0 amide bonds. The number of carbonyl (C=O) groups is 1. The number of hydrogen-bond acceptors (Lipinski definition) is 4. The van der Waals surface area contributed by atoms with E-state index >= 15 is 0 Å². The minimum atomic E-state index is -1.02. The zero-order valence-electron chi connectivity index (χ0n) is 14.7. The molecule has 0 aliphatic rings. The number of aryl methyl sites for hydroxylation is 3. The van der Waals surface area contributed by atoms with Gasteiger partial charge in [0.25, 0.3) is 5.56 Å². The first-order valence-corrected chi connectivity index (χ1v) is 8.97. The zero-order chi connectivity index (χ0) is 18.3. The number of rotatable bonds is 4. The average molecular weight is 356 g/mol. The second-order valence-corrected chi connectivity index (χ2v) is 7.43. The van der Waals surface area contributed by atoms with Gasteiger partial charge in [0, 0.05) is 10.4 Å². The van der Waals surface area contributed by atoms with Crippen molar-refractivity contribution in [1.82, 2.24) is 9.55 Å². The van der Waals surface area contributed by atoms with Crippen LogP contribution in [0.4, 0.5) is 0 Å². The number of benzene rings is 1.